The zero-order chi connectivity index (χ0) is 17.8. The maximum Gasteiger partial charge on any atom is 0.489 e. The van der Waals surface area contributed by atoms with E-state index in [2.05, 4.69) is 22.6 Å². The molecule has 0 amide bonds. The van der Waals surface area contributed by atoms with Gasteiger partial charge in [-0.3, -0.25) is 0 Å². The highest BCUT2D eigenvalue weighted by molar-refractivity contribution is 14.1. The second kappa shape index (κ2) is 7.90. The van der Waals surface area contributed by atoms with Gasteiger partial charge in [0.1, 0.15) is 17.2 Å². The number of hydrogen-bond acceptors (Lipinski definition) is 4. The number of hydrogen-bond donors (Lipinski definition) is 2. The Balaban J connectivity index is 1.93. The third-order valence-electron chi connectivity index (χ3n) is 3.73. The van der Waals surface area contributed by atoms with Gasteiger partial charge in [-0.15, -0.1) is 0 Å². The van der Waals surface area contributed by atoms with Gasteiger partial charge in [-0.25, -0.2) is 0 Å². The normalized spacial score (nSPS) is 10.4. The van der Waals surface area contributed by atoms with Crippen LogP contribution in [0.25, 0.3) is 11.1 Å². The van der Waals surface area contributed by atoms with Crippen molar-refractivity contribution < 1.29 is 19.5 Å². The molecular formula is C19H16BIO4. The smallest absolute Gasteiger partial charge is 0.489 e. The summed E-state index contributed by atoms with van der Waals surface area (Å²) in [5.41, 5.74) is 2.22. The molecule has 0 saturated heterocycles. The van der Waals surface area contributed by atoms with Crippen LogP contribution >= 0.6 is 22.6 Å². The zero-order valence-electron chi connectivity index (χ0n) is 13.5. The molecule has 2 N–H and O–H groups in total. The lowest BCUT2D eigenvalue weighted by Gasteiger charge is -2.13. The largest absolute Gasteiger partial charge is 0.497 e. The molecule has 0 aliphatic rings. The molecule has 0 radical (unpaired) electrons. The van der Waals surface area contributed by atoms with E-state index in [1.165, 1.54) is 0 Å². The summed E-state index contributed by atoms with van der Waals surface area (Å²) in [7, 11) is -0.00233. The fourth-order valence-electron chi connectivity index (χ4n) is 2.46. The van der Waals surface area contributed by atoms with E-state index in [4.69, 9.17) is 9.47 Å². The van der Waals surface area contributed by atoms with Crippen LogP contribution in [0.15, 0.2) is 66.7 Å². The predicted molar refractivity (Wildman–Crippen MR) is 107 cm³/mol. The van der Waals surface area contributed by atoms with Crippen molar-refractivity contribution in [1.82, 2.24) is 0 Å². The summed E-state index contributed by atoms with van der Waals surface area (Å²) in [5.74, 6) is 2.08. The number of para-hydroxylation sites is 1. The standard InChI is InChI=1S/C19H16BIO4/c1-24-16-11-17(19(21)18(12-16)20(22)23)13-7-9-15(10-8-13)25-14-5-3-2-4-6-14/h2-12,22-23H,1H3. The molecular weight excluding hydrogens is 430 g/mol. The quantitative estimate of drug-likeness (QED) is 0.466. The lowest BCUT2D eigenvalue weighted by Crippen LogP contribution is -2.32. The molecule has 0 aliphatic carbocycles. The first-order valence-corrected chi connectivity index (χ1v) is 8.73. The summed E-state index contributed by atoms with van der Waals surface area (Å²) in [6.45, 7) is 0. The molecule has 4 nitrogen and oxygen atoms in total. The fourth-order valence-corrected chi connectivity index (χ4v) is 3.36. The highest BCUT2D eigenvalue weighted by Gasteiger charge is 2.20. The predicted octanol–water partition coefficient (Wildman–Crippen LogP) is 3.44. The van der Waals surface area contributed by atoms with Crippen LogP contribution in [-0.4, -0.2) is 24.3 Å². The molecule has 25 heavy (non-hydrogen) atoms. The summed E-state index contributed by atoms with van der Waals surface area (Å²) in [5, 5.41) is 19.2. The van der Waals surface area contributed by atoms with Gasteiger partial charge >= 0.3 is 7.12 Å². The van der Waals surface area contributed by atoms with Gasteiger partial charge in [0.25, 0.3) is 0 Å². The zero-order valence-corrected chi connectivity index (χ0v) is 15.7. The molecule has 0 heterocycles. The van der Waals surface area contributed by atoms with Crippen LogP contribution in [0.2, 0.25) is 0 Å². The van der Waals surface area contributed by atoms with E-state index in [0.717, 1.165) is 26.2 Å². The maximum atomic E-state index is 9.58. The van der Waals surface area contributed by atoms with Crippen molar-refractivity contribution >= 4 is 35.2 Å². The SMILES string of the molecule is COc1cc(B(O)O)c(I)c(-c2ccc(Oc3ccccc3)cc2)c1. The minimum absolute atomic E-state index is 0.416. The van der Waals surface area contributed by atoms with E-state index < -0.39 is 7.12 Å². The first kappa shape index (κ1) is 17.8. The summed E-state index contributed by atoms with van der Waals surface area (Å²) < 4.78 is 11.8. The summed E-state index contributed by atoms with van der Waals surface area (Å²) in [6, 6.07) is 20.7. The number of benzene rings is 3. The number of halogens is 1. The lowest BCUT2D eigenvalue weighted by molar-refractivity contribution is 0.412. The molecule has 0 unspecified atom stereocenters. The Morgan fingerprint density at radius 2 is 1.48 bits per heavy atom. The highest BCUT2D eigenvalue weighted by Crippen LogP contribution is 2.30. The van der Waals surface area contributed by atoms with E-state index in [9.17, 15) is 10.0 Å². The van der Waals surface area contributed by atoms with Crippen LogP contribution in [0.3, 0.4) is 0 Å². The summed E-state index contributed by atoms with van der Waals surface area (Å²) in [6.07, 6.45) is 0. The first-order chi connectivity index (χ1) is 12.1. The minimum Gasteiger partial charge on any atom is -0.497 e. The summed E-state index contributed by atoms with van der Waals surface area (Å²) >= 11 is 2.11. The van der Waals surface area contributed by atoms with Gasteiger partial charge in [0.2, 0.25) is 0 Å². The fraction of sp³-hybridized carbons (Fsp3) is 0.0526. The maximum absolute atomic E-state index is 9.58. The van der Waals surface area contributed by atoms with Gasteiger partial charge in [0.15, 0.2) is 0 Å². The molecule has 0 aromatic heterocycles. The van der Waals surface area contributed by atoms with Crippen LogP contribution in [-0.2, 0) is 0 Å². The third-order valence-corrected chi connectivity index (χ3v) is 4.94. The van der Waals surface area contributed by atoms with Crippen molar-refractivity contribution in [2.24, 2.45) is 0 Å². The van der Waals surface area contributed by atoms with E-state index >= 15 is 0 Å². The topological polar surface area (TPSA) is 58.9 Å². The van der Waals surface area contributed by atoms with Gasteiger partial charge in [-0.1, -0.05) is 30.3 Å². The Morgan fingerprint density at radius 1 is 0.840 bits per heavy atom. The van der Waals surface area contributed by atoms with Crippen molar-refractivity contribution in [1.29, 1.82) is 0 Å². The van der Waals surface area contributed by atoms with Crippen molar-refractivity contribution in [3.8, 4) is 28.4 Å². The Hall–Kier alpha value is -2.03. The summed E-state index contributed by atoms with van der Waals surface area (Å²) in [4.78, 5) is 0. The molecule has 6 heteroatoms. The van der Waals surface area contributed by atoms with Gasteiger partial charge in [-0.05, 0) is 75.6 Å². The number of methoxy groups -OCH3 is 1. The second-order valence-corrected chi connectivity index (χ2v) is 6.47. The Labute approximate surface area is 160 Å². The van der Waals surface area contributed by atoms with Gasteiger partial charge in [0.05, 0.1) is 7.11 Å². The minimum atomic E-state index is -1.55. The average molecular weight is 446 g/mol. The molecule has 0 bridgehead atoms. The monoisotopic (exact) mass is 446 g/mol. The lowest BCUT2D eigenvalue weighted by atomic mass is 9.79. The Bertz CT molecular complexity index is 851. The first-order valence-electron chi connectivity index (χ1n) is 7.65. The van der Waals surface area contributed by atoms with Crippen LogP contribution in [0.4, 0.5) is 0 Å². The van der Waals surface area contributed by atoms with Gasteiger partial charge in [0, 0.05) is 3.57 Å². The van der Waals surface area contributed by atoms with Crippen molar-refractivity contribution in [2.75, 3.05) is 7.11 Å². The molecule has 0 atom stereocenters. The second-order valence-electron chi connectivity index (χ2n) is 5.39. The Morgan fingerprint density at radius 3 is 2.08 bits per heavy atom. The number of rotatable bonds is 5. The molecule has 0 spiro atoms. The molecule has 3 aromatic carbocycles. The molecule has 0 aliphatic heterocycles. The number of ether oxygens (including phenoxy) is 2. The molecule has 3 rings (SSSR count). The molecule has 126 valence electrons. The van der Waals surface area contributed by atoms with E-state index in [-0.39, 0.29) is 0 Å². The molecule has 0 saturated carbocycles. The average Bonchev–Trinajstić information content (AvgIpc) is 2.63. The van der Waals surface area contributed by atoms with E-state index in [1.807, 2.05) is 60.7 Å². The van der Waals surface area contributed by atoms with Crippen LogP contribution in [0.1, 0.15) is 0 Å². The van der Waals surface area contributed by atoms with Crippen LogP contribution < -0.4 is 14.9 Å². The van der Waals surface area contributed by atoms with Gasteiger partial charge < -0.3 is 19.5 Å². The molecule has 0 fully saturated rings. The van der Waals surface area contributed by atoms with Crippen LogP contribution in [0.5, 0.6) is 17.2 Å². The van der Waals surface area contributed by atoms with Crippen molar-refractivity contribution in [3.05, 3.63) is 70.3 Å². The third kappa shape index (κ3) is 4.15. The molecule has 3 aromatic rings. The van der Waals surface area contributed by atoms with Crippen molar-refractivity contribution in [3.63, 3.8) is 0 Å². The van der Waals surface area contributed by atoms with E-state index in [1.54, 1.807) is 13.2 Å². The highest BCUT2D eigenvalue weighted by atomic mass is 127. The van der Waals surface area contributed by atoms with Crippen molar-refractivity contribution in [2.45, 2.75) is 0 Å². The Kier molecular flexibility index (Phi) is 5.62. The van der Waals surface area contributed by atoms with Crippen LogP contribution in [0, 0.1) is 3.57 Å². The van der Waals surface area contributed by atoms with E-state index in [0.29, 0.717) is 11.2 Å². The van der Waals surface area contributed by atoms with Gasteiger partial charge in [-0.2, -0.15) is 0 Å².